The van der Waals surface area contributed by atoms with Crippen molar-refractivity contribution in [1.29, 1.82) is 0 Å². The van der Waals surface area contributed by atoms with Gasteiger partial charge in [-0.3, -0.25) is 0 Å². The lowest BCUT2D eigenvalue weighted by molar-refractivity contribution is 0.117. The molecule has 0 amide bonds. The van der Waals surface area contributed by atoms with E-state index in [4.69, 9.17) is 5.73 Å². The summed E-state index contributed by atoms with van der Waals surface area (Å²) >= 11 is 0. The summed E-state index contributed by atoms with van der Waals surface area (Å²) in [7, 11) is 0. The largest absolute Gasteiger partial charge is 0.329 e. The van der Waals surface area contributed by atoms with E-state index in [0.717, 1.165) is 12.5 Å². The van der Waals surface area contributed by atoms with Crippen LogP contribution < -0.4 is 11.1 Å². The van der Waals surface area contributed by atoms with E-state index in [1.165, 1.54) is 19.3 Å². The predicted octanol–water partition coefficient (Wildman–Crippen LogP) is 2.14. The zero-order valence-electron chi connectivity index (χ0n) is 10.1. The molecule has 1 rings (SSSR count). The predicted molar refractivity (Wildman–Crippen MR) is 62.2 cm³/mol. The van der Waals surface area contributed by atoms with Crippen molar-refractivity contribution in [2.75, 3.05) is 6.54 Å². The van der Waals surface area contributed by atoms with Crippen LogP contribution in [-0.2, 0) is 0 Å². The molecule has 0 aromatic rings. The van der Waals surface area contributed by atoms with Crippen LogP contribution in [0.15, 0.2) is 0 Å². The molecule has 0 bridgehead atoms. The molecule has 14 heavy (non-hydrogen) atoms. The normalized spacial score (nSPS) is 39.0. The molecule has 3 atom stereocenters. The van der Waals surface area contributed by atoms with E-state index < -0.39 is 0 Å². The molecule has 0 spiro atoms. The Kier molecular flexibility index (Phi) is 3.96. The first-order chi connectivity index (χ1) is 6.50. The summed E-state index contributed by atoms with van der Waals surface area (Å²) in [6.07, 6.45) is 3.92. The molecule has 0 aromatic heterocycles. The molecule has 1 fully saturated rings. The molecule has 2 heteroatoms. The summed E-state index contributed by atoms with van der Waals surface area (Å²) in [5.74, 6) is 1.53. The van der Waals surface area contributed by atoms with Gasteiger partial charge in [0.1, 0.15) is 0 Å². The van der Waals surface area contributed by atoms with Crippen LogP contribution in [-0.4, -0.2) is 18.1 Å². The highest BCUT2D eigenvalue weighted by Gasteiger charge is 2.39. The molecule has 0 radical (unpaired) electrons. The Morgan fingerprint density at radius 3 is 2.50 bits per heavy atom. The van der Waals surface area contributed by atoms with Crippen molar-refractivity contribution in [2.45, 2.75) is 58.5 Å². The van der Waals surface area contributed by atoms with Gasteiger partial charge in [0.15, 0.2) is 0 Å². The van der Waals surface area contributed by atoms with Crippen molar-refractivity contribution >= 4 is 0 Å². The Hall–Kier alpha value is -0.0800. The zero-order valence-corrected chi connectivity index (χ0v) is 10.1. The molecule has 2 nitrogen and oxygen atoms in total. The summed E-state index contributed by atoms with van der Waals surface area (Å²) in [4.78, 5) is 0. The third-order valence-electron chi connectivity index (χ3n) is 3.69. The first-order valence-corrected chi connectivity index (χ1v) is 5.98. The van der Waals surface area contributed by atoms with Crippen molar-refractivity contribution < 1.29 is 0 Å². The highest BCUT2D eigenvalue weighted by Crippen LogP contribution is 2.36. The fraction of sp³-hybridized carbons (Fsp3) is 1.00. The second kappa shape index (κ2) is 4.63. The number of hydrogen-bond acceptors (Lipinski definition) is 2. The fourth-order valence-corrected chi connectivity index (χ4v) is 2.86. The Morgan fingerprint density at radius 2 is 2.00 bits per heavy atom. The van der Waals surface area contributed by atoms with Gasteiger partial charge < -0.3 is 11.1 Å². The van der Waals surface area contributed by atoms with Crippen molar-refractivity contribution in [3.05, 3.63) is 0 Å². The van der Waals surface area contributed by atoms with Crippen molar-refractivity contribution in [3.8, 4) is 0 Å². The topological polar surface area (TPSA) is 38.0 Å². The van der Waals surface area contributed by atoms with E-state index in [1.54, 1.807) is 0 Å². The van der Waals surface area contributed by atoms with Crippen molar-refractivity contribution in [2.24, 2.45) is 17.6 Å². The van der Waals surface area contributed by atoms with Gasteiger partial charge in [0.25, 0.3) is 0 Å². The molecule has 84 valence electrons. The minimum atomic E-state index is 0.200. The van der Waals surface area contributed by atoms with Gasteiger partial charge in [-0.15, -0.1) is 0 Å². The summed E-state index contributed by atoms with van der Waals surface area (Å²) in [5, 5.41) is 3.70. The maximum Gasteiger partial charge on any atom is 0.0334 e. The summed E-state index contributed by atoms with van der Waals surface area (Å²) < 4.78 is 0. The Bertz CT molecular complexity index is 175. The highest BCUT2D eigenvalue weighted by molar-refractivity contribution is 4.98. The van der Waals surface area contributed by atoms with Gasteiger partial charge in [-0.2, -0.15) is 0 Å². The lowest BCUT2D eigenvalue weighted by atomic mass is 9.69. The average Bonchev–Trinajstić information content (AvgIpc) is 2.10. The minimum Gasteiger partial charge on any atom is -0.329 e. The van der Waals surface area contributed by atoms with E-state index in [0.29, 0.717) is 12.0 Å². The number of nitrogens with one attached hydrogen (secondary N) is 1. The van der Waals surface area contributed by atoms with Gasteiger partial charge in [-0.25, -0.2) is 0 Å². The zero-order chi connectivity index (χ0) is 10.8. The second-order valence-electron chi connectivity index (χ2n) is 5.45. The molecular formula is C12H26N2. The Morgan fingerprint density at radius 1 is 1.36 bits per heavy atom. The molecule has 3 unspecified atom stereocenters. The van der Waals surface area contributed by atoms with Crippen LogP contribution in [0.4, 0.5) is 0 Å². The minimum absolute atomic E-state index is 0.200. The summed E-state index contributed by atoms with van der Waals surface area (Å²) in [6, 6.07) is 0.534. The van der Waals surface area contributed by atoms with Gasteiger partial charge in [0.05, 0.1) is 0 Å². The van der Waals surface area contributed by atoms with Crippen molar-refractivity contribution in [1.82, 2.24) is 5.32 Å². The lowest BCUT2D eigenvalue weighted by Crippen LogP contribution is -2.60. The third kappa shape index (κ3) is 2.48. The van der Waals surface area contributed by atoms with Crippen LogP contribution in [0.2, 0.25) is 0 Å². The van der Waals surface area contributed by atoms with Gasteiger partial charge in [-0.1, -0.05) is 34.1 Å². The molecule has 1 aliphatic carbocycles. The number of nitrogens with two attached hydrogens (primary N) is 1. The van der Waals surface area contributed by atoms with Crippen LogP contribution in [0, 0.1) is 11.8 Å². The van der Waals surface area contributed by atoms with E-state index in [-0.39, 0.29) is 5.54 Å². The average molecular weight is 198 g/mol. The monoisotopic (exact) mass is 198 g/mol. The highest BCUT2D eigenvalue weighted by atomic mass is 15.0. The van der Waals surface area contributed by atoms with E-state index in [1.807, 2.05) is 0 Å². The molecule has 0 saturated heterocycles. The molecule has 1 aliphatic rings. The van der Waals surface area contributed by atoms with Crippen LogP contribution in [0.25, 0.3) is 0 Å². The maximum atomic E-state index is 5.98. The van der Waals surface area contributed by atoms with E-state index in [9.17, 15) is 0 Å². The van der Waals surface area contributed by atoms with Gasteiger partial charge in [0, 0.05) is 18.1 Å². The second-order valence-corrected chi connectivity index (χ2v) is 5.45. The Labute approximate surface area is 88.6 Å². The fourth-order valence-electron chi connectivity index (χ4n) is 2.86. The van der Waals surface area contributed by atoms with E-state index in [2.05, 4.69) is 33.0 Å². The first kappa shape index (κ1) is 12.0. The maximum absolute atomic E-state index is 5.98. The smallest absolute Gasteiger partial charge is 0.0334 e. The molecule has 0 heterocycles. The van der Waals surface area contributed by atoms with E-state index >= 15 is 0 Å². The molecular weight excluding hydrogens is 172 g/mol. The summed E-state index contributed by atoms with van der Waals surface area (Å²) in [5.41, 5.74) is 6.18. The van der Waals surface area contributed by atoms with Gasteiger partial charge in [-0.05, 0) is 24.7 Å². The Balaban J connectivity index is 2.72. The van der Waals surface area contributed by atoms with Gasteiger partial charge in [0.2, 0.25) is 0 Å². The van der Waals surface area contributed by atoms with Crippen LogP contribution >= 0.6 is 0 Å². The van der Waals surface area contributed by atoms with Crippen molar-refractivity contribution in [3.63, 3.8) is 0 Å². The quantitative estimate of drug-likeness (QED) is 0.729. The summed E-state index contributed by atoms with van der Waals surface area (Å²) in [6.45, 7) is 9.88. The number of rotatable bonds is 3. The SMILES string of the molecule is CC1CCC(C)C(CN)(NC(C)C)C1. The molecule has 0 aliphatic heterocycles. The standard InChI is InChI=1S/C12H26N2/c1-9(2)14-12(8-13)7-10(3)5-6-11(12)4/h9-11,14H,5-8,13H2,1-4H3. The van der Waals surface area contributed by atoms with Gasteiger partial charge >= 0.3 is 0 Å². The third-order valence-corrected chi connectivity index (χ3v) is 3.69. The number of hydrogen-bond donors (Lipinski definition) is 2. The first-order valence-electron chi connectivity index (χ1n) is 5.98. The van der Waals surface area contributed by atoms with Crippen LogP contribution in [0.3, 0.4) is 0 Å². The van der Waals surface area contributed by atoms with Crippen LogP contribution in [0.1, 0.15) is 47.0 Å². The molecule has 0 aromatic carbocycles. The molecule has 3 N–H and O–H groups in total. The lowest BCUT2D eigenvalue weighted by Gasteiger charge is -2.46. The van der Waals surface area contributed by atoms with Crippen LogP contribution in [0.5, 0.6) is 0 Å². The molecule has 1 saturated carbocycles.